The number of hydrogen-bond acceptors (Lipinski definition) is 4. The Morgan fingerprint density at radius 2 is 1.89 bits per heavy atom. The molecule has 18 heavy (non-hydrogen) atoms. The van der Waals surface area contributed by atoms with Crippen molar-refractivity contribution in [2.75, 3.05) is 10.5 Å². The van der Waals surface area contributed by atoms with Gasteiger partial charge in [0, 0.05) is 6.20 Å². The first-order valence-electron chi connectivity index (χ1n) is 5.29. The Hall–Kier alpha value is -2.08. The molecule has 0 saturated heterocycles. The summed E-state index contributed by atoms with van der Waals surface area (Å²) in [5.74, 6) is -0.0152. The lowest BCUT2D eigenvalue weighted by molar-refractivity contribution is 0.601. The number of anilines is 2. The summed E-state index contributed by atoms with van der Waals surface area (Å²) in [6.07, 6.45) is 1.45. The van der Waals surface area contributed by atoms with Crippen LogP contribution in [-0.4, -0.2) is 13.4 Å². The van der Waals surface area contributed by atoms with E-state index in [0.717, 1.165) is 5.56 Å². The predicted molar refractivity (Wildman–Crippen MR) is 70.6 cm³/mol. The highest BCUT2D eigenvalue weighted by atomic mass is 32.2. The van der Waals surface area contributed by atoms with Crippen LogP contribution in [0.3, 0.4) is 0 Å². The summed E-state index contributed by atoms with van der Waals surface area (Å²) in [6, 6.07) is 10.1. The van der Waals surface area contributed by atoms with Gasteiger partial charge >= 0.3 is 0 Å². The molecule has 0 spiro atoms. The van der Waals surface area contributed by atoms with Crippen LogP contribution in [0.25, 0.3) is 0 Å². The fraction of sp³-hybridized carbons (Fsp3) is 0.0833. The Labute approximate surface area is 106 Å². The van der Waals surface area contributed by atoms with Crippen molar-refractivity contribution in [1.82, 2.24) is 4.98 Å². The number of sulfonamides is 1. The van der Waals surface area contributed by atoms with Gasteiger partial charge in [0.15, 0.2) is 0 Å². The Kier molecular flexibility index (Phi) is 3.20. The van der Waals surface area contributed by atoms with E-state index >= 15 is 0 Å². The number of para-hydroxylation sites is 1. The second kappa shape index (κ2) is 4.66. The number of aromatic nitrogens is 1. The molecular weight excluding hydrogens is 250 g/mol. The average molecular weight is 263 g/mol. The van der Waals surface area contributed by atoms with Crippen molar-refractivity contribution < 1.29 is 8.42 Å². The first-order valence-corrected chi connectivity index (χ1v) is 6.78. The van der Waals surface area contributed by atoms with Gasteiger partial charge in [0.25, 0.3) is 10.0 Å². The third-order valence-electron chi connectivity index (χ3n) is 2.48. The summed E-state index contributed by atoms with van der Waals surface area (Å²) in [6.45, 7) is 1.82. The summed E-state index contributed by atoms with van der Waals surface area (Å²) < 4.78 is 26.8. The van der Waals surface area contributed by atoms with Crippen LogP contribution in [0.2, 0.25) is 0 Å². The maximum Gasteiger partial charge on any atom is 0.265 e. The van der Waals surface area contributed by atoms with Crippen LogP contribution in [0.4, 0.5) is 11.5 Å². The Morgan fingerprint density at radius 1 is 1.17 bits per heavy atom. The molecule has 94 valence electrons. The lowest BCUT2D eigenvalue weighted by Crippen LogP contribution is -2.15. The number of nitrogens with zero attached hydrogens (tertiary/aromatic N) is 1. The third-order valence-corrected chi connectivity index (χ3v) is 3.89. The van der Waals surface area contributed by atoms with Gasteiger partial charge in [0.1, 0.15) is 10.7 Å². The average Bonchev–Trinajstić information content (AvgIpc) is 2.32. The number of nitrogens with one attached hydrogen (secondary N) is 1. The number of nitrogen functional groups attached to an aromatic ring is 1. The fourth-order valence-corrected chi connectivity index (χ4v) is 2.73. The highest BCUT2D eigenvalue weighted by Gasteiger charge is 2.18. The molecule has 6 heteroatoms. The molecule has 3 N–H and O–H groups in total. The number of pyridine rings is 1. The first-order chi connectivity index (χ1) is 8.50. The van der Waals surface area contributed by atoms with Crippen LogP contribution in [-0.2, 0) is 10.0 Å². The standard InChI is InChI=1S/C12H13N3O2S/c1-9-5-2-3-6-10(9)15-18(16,17)11-7-4-8-14-12(11)13/h2-8,15H,1H3,(H2,13,14). The van der Waals surface area contributed by atoms with Crippen molar-refractivity contribution in [3.8, 4) is 0 Å². The van der Waals surface area contributed by atoms with Crippen LogP contribution >= 0.6 is 0 Å². The van der Waals surface area contributed by atoms with E-state index in [0.29, 0.717) is 5.69 Å². The summed E-state index contributed by atoms with van der Waals surface area (Å²) in [4.78, 5) is 3.75. The largest absolute Gasteiger partial charge is 0.383 e. The van der Waals surface area contributed by atoms with E-state index < -0.39 is 10.0 Å². The molecule has 2 rings (SSSR count). The van der Waals surface area contributed by atoms with Crippen LogP contribution in [0.1, 0.15) is 5.56 Å². The van der Waals surface area contributed by atoms with E-state index in [2.05, 4.69) is 9.71 Å². The minimum atomic E-state index is -3.70. The van der Waals surface area contributed by atoms with Crippen LogP contribution < -0.4 is 10.5 Å². The predicted octanol–water partition coefficient (Wildman–Crippen LogP) is 1.77. The van der Waals surface area contributed by atoms with Gasteiger partial charge in [-0.2, -0.15) is 0 Å². The molecule has 0 fully saturated rings. The van der Waals surface area contributed by atoms with Gasteiger partial charge in [0.2, 0.25) is 0 Å². The Bertz CT molecular complexity index is 669. The number of aryl methyl sites for hydroxylation is 1. The zero-order chi connectivity index (χ0) is 13.2. The van der Waals surface area contributed by atoms with Gasteiger partial charge in [-0.05, 0) is 30.7 Å². The van der Waals surface area contributed by atoms with Crippen LogP contribution in [0, 0.1) is 6.92 Å². The summed E-state index contributed by atoms with van der Waals surface area (Å²) in [5, 5.41) is 0. The molecule has 2 aromatic rings. The summed E-state index contributed by atoms with van der Waals surface area (Å²) in [7, 11) is -3.70. The number of nitrogens with two attached hydrogens (primary N) is 1. The van der Waals surface area contributed by atoms with Crippen molar-refractivity contribution in [3.63, 3.8) is 0 Å². The second-order valence-corrected chi connectivity index (χ2v) is 5.46. The van der Waals surface area contributed by atoms with Gasteiger partial charge < -0.3 is 5.73 Å². The molecule has 0 aliphatic carbocycles. The molecule has 5 nitrogen and oxygen atoms in total. The van der Waals surface area contributed by atoms with Crippen molar-refractivity contribution in [2.45, 2.75) is 11.8 Å². The molecule has 0 radical (unpaired) electrons. The summed E-state index contributed by atoms with van der Waals surface area (Å²) >= 11 is 0. The lowest BCUT2D eigenvalue weighted by atomic mass is 10.2. The minimum Gasteiger partial charge on any atom is -0.383 e. The molecule has 0 saturated carbocycles. The van der Waals surface area contributed by atoms with Crippen molar-refractivity contribution in [3.05, 3.63) is 48.2 Å². The summed E-state index contributed by atoms with van der Waals surface area (Å²) in [5.41, 5.74) is 6.93. The SMILES string of the molecule is Cc1ccccc1NS(=O)(=O)c1cccnc1N. The lowest BCUT2D eigenvalue weighted by Gasteiger charge is -2.11. The smallest absolute Gasteiger partial charge is 0.265 e. The molecule has 0 amide bonds. The van der Waals surface area contributed by atoms with E-state index in [4.69, 9.17) is 5.73 Å². The van der Waals surface area contributed by atoms with Crippen molar-refractivity contribution in [2.24, 2.45) is 0 Å². The topological polar surface area (TPSA) is 85.1 Å². The highest BCUT2D eigenvalue weighted by molar-refractivity contribution is 7.92. The van der Waals surface area contributed by atoms with E-state index in [9.17, 15) is 8.42 Å². The van der Waals surface area contributed by atoms with Crippen molar-refractivity contribution in [1.29, 1.82) is 0 Å². The second-order valence-electron chi connectivity index (χ2n) is 3.81. The van der Waals surface area contributed by atoms with Gasteiger partial charge in [-0.15, -0.1) is 0 Å². The zero-order valence-corrected chi connectivity index (χ0v) is 10.6. The van der Waals surface area contributed by atoms with E-state index in [-0.39, 0.29) is 10.7 Å². The van der Waals surface area contributed by atoms with Gasteiger partial charge in [-0.3, -0.25) is 4.72 Å². The zero-order valence-electron chi connectivity index (χ0n) is 9.79. The molecule has 1 aromatic carbocycles. The molecule has 0 aliphatic heterocycles. The van der Waals surface area contributed by atoms with E-state index in [1.807, 2.05) is 19.1 Å². The Balaban J connectivity index is 2.40. The molecule has 0 atom stereocenters. The molecular formula is C12H13N3O2S. The monoisotopic (exact) mass is 263 g/mol. The maximum absolute atomic E-state index is 12.1. The van der Waals surface area contributed by atoms with Crippen LogP contribution in [0.15, 0.2) is 47.5 Å². The van der Waals surface area contributed by atoms with E-state index in [1.54, 1.807) is 12.1 Å². The fourth-order valence-electron chi connectivity index (χ4n) is 1.52. The highest BCUT2D eigenvalue weighted by Crippen LogP contribution is 2.21. The molecule has 1 heterocycles. The van der Waals surface area contributed by atoms with Crippen molar-refractivity contribution >= 4 is 21.5 Å². The third kappa shape index (κ3) is 2.43. The van der Waals surface area contributed by atoms with Gasteiger partial charge in [-0.1, -0.05) is 18.2 Å². The van der Waals surface area contributed by atoms with Gasteiger partial charge in [-0.25, -0.2) is 13.4 Å². The van der Waals surface area contributed by atoms with Gasteiger partial charge in [0.05, 0.1) is 5.69 Å². The molecule has 1 aromatic heterocycles. The normalized spacial score (nSPS) is 11.2. The molecule has 0 unspecified atom stereocenters. The number of benzene rings is 1. The minimum absolute atomic E-state index is 0.0152. The quantitative estimate of drug-likeness (QED) is 0.883. The Morgan fingerprint density at radius 3 is 2.56 bits per heavy atom. The van der Waals surface area contributed by atoms with Crippen LogP contribution in [0.5, 0.6) is 0 Å². The molecule has 0 aliphatic rings. The maximum atomic E-state index is 12.1. The van der Waals surface area contributed by atoms with E-state index in [1.165, 1.54) is 18.3 Å². The molecule has 0 bridgehead atoms. The first kappa shape index (κ1) is 12.4. The number of hydrogen-bond donors (Lipinski definition) is 2. The number of rotatable bonds is 3.